The van der Waals surface area contributed by atoms with Gasteiger partial charge in [-0.1, -0.05) is 12.1 Å². The highest BCUT2D eigenvalue weighted by molar-refractivity contribution is 5.96. The molecule has 0 radical (unpaired) electrons. The molecule has 1 atom stereocenters. The van der Waals surface area contributed by atoms with Crippen LogP contribution >= 0.6 is 0 Å². The van der Waals surface area contributed by atoms with E-state index in [1.165, 1.54) is 0 Å². The van der Waals surface area contributed by atoms with Gasteiger partial charge in [0.1, 0.15) is 5.75 Å². The highest BCUT2D eigenvalue weighted by atomic mass is 16.5. The van der Waals surface area contributed by atoms with Crippen LogP contribution in [-0.2, 0) is 4.79 Å². The van der Waals surface area contributed by atoms with Crippen LogP contribution in [-0.4, -0.2) is 49.4 Å². The minimum atomic E-state index is -1.47. The molecule has 2 aromatic rings. The van der Waals surface area contributed by atoms with Gasteiger partial charge in [0.2, 0.25) is 0 Å². The largest absolute Gasteiger partial charge is 0.477 e. The third-order valence-electron chi connectivity index (χ3n) is 4.34. The molecule has 0 spiro atoms. The van der Waals surface area contributed by atoms with Crippen LogP contribution in [0.2, 0.25) is 0 Å². The highest BCUT2D eigenvalue weighted by Crippen LogP contribution is 2.17. The van der Waals surface area contributed by atoms with E-state index in [0.29, 0.717) is 11.3 Å². The molecule has 1 heterocycles. The molecule has 142 valence electrons. The minimum absolute atomic E-state index is 0.382. The molecule has 2 aromatic carbocycles. The second kappa shape index (κ2) is 8.55. The van der Waals surface area contributed by atoms with Crippen molar-refractivity contribution in [3.05, 3.63) is 59.7 Å². The van der Waals surface area contributed by atoms with E-state index in [-0.39, 0.29) is 0 Å². The zero-order valence-corrected chi connectivity index (χ0v) is 15.1. The van der Waals surface area contributed by atoms with Gasteiger partial charge in [0.25, 0.3) is 12.1 Å². The molecule has 0 aromatic heterocycles. The first-order chi connectivity index (χ1) is 13.0. The number of carbonyl (C=O) groups excluding carboxylic acids is 1. The smallest absolute Gasteiger partial charge is 0.366 e. The van der Waals surface area contributed by atoms with Gasteiger partial charge in [0.05, 0.1) is 0 Å². The van der Waals surface area contributed by atoms with E-state index in [1.54, 1.807) is 30.3 Å². The van der Waals surface area contributed by atoms with Crippen LogP contribution in [0.4, 0.5) is 5.69 Å². The number of nitrogens with zero attached hydrogens (tertiary/aromatic N) is 1. The van der Waals surface area contributed by atoms with Crippen LogP contribution in [0.3, 0.4) is 0 Å². The van der Waals surface area contributed by atoms with Gasteiger partial charge in [-0.25, -0.2) is 4.79 Å². The average Bonchev–Trinajstić information content (AvgIpc) is 2.68. The van der Waals surface area contributed by atoms with Crippen molar-refractivity contribution in [2.45, 2.75) is 13.2 Å². The molecule has 3 N–H and O–H groups in total. The number of hydrogen-bond donors (Lipinski definition) is 3. The lowest BCUT2D eigenvalue weighted by atomic mass is 10.1. The van der Waals surface area contributed by atoms with Gasteiger partial charge in [0.15, 0.2) is 0 Å². The SMILES string of the molecule is Cc1cccc(OC(NC(=O)c2ccc(N3CCNCC3)cc2)C(=O)O)c1. The van der Waals surface area contributed by atoms with Crippen LogP contribution in [0.15, 0.2) is 48.5 Å². The Morgan fingerprint density at radius 2 is 1.85 bits per heavy atom. The Hall–Kier alpha value is -3.06. The van der Waals surface area contributed by atoms with E-state index in [0.717, 1.165) is 37.4 Å². The molecule has 0 bridgehead atoms. The molecular weight excluding hydrogens is 346 g/mol. The van der Waals surface area contributed by atoms with Gasteiger partial charge >= 0.3 is 5.97 Å². The second-order valence-electron chi connectivity index (χ2n) is 6.41. The zero-order chi connectivity index (χ0) is 19.2. The predicted octanol–water partition coefficient (Wildman–Crippen LogP) is 1.62. The molecule has 7 nitrogen and oxygen atoms in total. The number of aliphatic carboxylic acids is 1. The van der Waals surface area contributed by atoms with Crippen LogP contribution in [0, 0.1) is 6.92 Å². The van der Waals surface area contributed by atoms with E-state index in [9.17, 15) is 14.7 Å². The minimum Gasteiger partial charge on any atom is -0.477 e. The number of aryl methyl sites for hydroxylation is 1. The molecule has 1 fully saturated rings. The summed E-state index contributed by atoms with van der Waals surface area (Å²) in [6, 6.07) is 14.1. The summed E-state index contributed by atoms with van der Waals surface area (Å²) in [7, 11) is 0. The summed E-state index contributed by atoms with van der Waals surface area (Å²) >= 11 is 0. The number of carboxylic acid groups (broad SMARTS) is 1. The number of anilines is 1. The first kappa shape index (κ1) is 18.7. The van der Waals surface area contributed by atoms with Crippen molar-refractivity contribution in [3.8, 4) is 5.75 Å². The Labute approximate surface area is 157 Å². The Morgan fingerprint density at radius 3 is 2.48 bits per heavy atom. The summed E-state index contributed by atoms with van der Waals surface area (Å²) in [6.07, 6.45) is -1.47. The van der Waals surface area contributed by atoms with Crippen LogP contribution in [0.5, 0.6) is 5.75 Å². The first-order valence-electron chi connectivity index (χ1n) is 8.85. The van der Waals surface area contributed by atoms with E-state index in [4.69, 9.17) is 4.74 Å². The lowest BCUT2D eigenvalue weighted by Gasteiger charge is -2.29. The predicted molar refractivity (Wildman–Crippen MR) is 102 cm³/mol. The molecule has 1 aliphatic heterocycles. The van der Waals surface area contributed by atoms with Crippen molar-refractivity contribution < 1.29 is 19.4 Å². The van der Waals surface area contributed by atoms with E-state index < -0.39 is 18.1 Å². The van der Waals surface area contributed by atoms with Crippen LogP contribution in [0.1, 0.15) is 15.9 Å². The van der Waals surface area contributed by atoms with Crippen LogP contribution in [0.25, 0.3) is 0 Å². The number of carboxylic acids is 1. The van der Waals surface area contributed by atoms with Gasteiger partial charge in [-0.3, -0.25) is 4.79 Å². The van der Waals surface area contributed by atoms with Crippen molar-refractivity contribution in [2.75, 3.05) is 31.1 Å². The molecule has 1 aliphatic rings. The van der Waals surface area contributed by atoms with Crippen molar-refractivity contribution in [1.29, 1.82) is 0 Å². The number of carbonyl (C=O) groups is 2. The van der Waals surface area contributed by atoms with Gasteiger partial charge in [-0.05, 0) is 48.9 Å². The zero-order valence-electron chi connectivity index (χ0n) is 15.1. The Bertz CT molecular complexity index is 801. The standard InChI is InChI=1S/C20H23N3O4/c1-14-3-2-4-17(13-14)27-19(20(25)26)22-18(24)15-5-7-16(8-6-15)23-11-9-21-10-12-23/h2-8,13,19,21H,9-12H2,1H3,(H,22,24)(H,25,26). The summed E-state index contributed by atoms with van der Waals surface area (Å²) in [5, 5.41) is 15.1. The van der Waals surface area contributed by atoms with Crippen molar-refractivity contribution in [1.82, 2.24) is 10.6 Å². The monoisotopic (exact) mass is 369 g/mol. The summed E-state index contributed by atoms with van der Waals surface area (Å²) < 4.78 is 5.42. The average molecular weight is 369 g/mol. The lowest BCUT2D eigenvalue weighted by Crippen LogP contribution is -2.45. The Kier molecular flexibility index (Phi) is 5.93. The van der Waals surface area contributed by atoms with E-state index in [1.807, 2.05) is 25.1 Å². The molecule has 1 saturated heterocycles. The molecule has 3 rings (SSSR count). The van der Waals surface area contributed by atoms with Gasteiger partial charge in [-0.2, -0.15) is 0 Å². The molecule has 27 heavy (non-hydrogen) atoms. The summed E-state index contributed by atoms with van der Waals surface area (Å²) in [5.41, 5.74) is 2.36. The molecule has 7 heteroatoms. The van der Waals surface area contributed by atoms with Gasteiger partial charge in [-0.15, -0.1) is 0 Å². The number of piperazine rings is 1. The number of rotatable bonds is 6. The Balaban J connectivity index is 1.65. The van der Waals surface area contributed by atoms with Gasteiger partial charge < -0.3 is 25.4 Å². The highest BCUT2D eigenvalue weighted by Gasteiger charge is 2.23. The lowest BCUT2D eigenvalue weighted by molar-refractivity contribution is -0.146. The fraction of sp³-hybridized carbons (Fsp3) is 0.300. The maximum absolute atomic E-state index is 12.4. The summed E-state index contributed by atoms with van der Waals surface area (Å²) in [5.74, 6) is -1.37. The fourth-order valence-corrected chi connectivity index (χ4v) is 2.92. The molecule has 1 unspecified atom stereocenters. The second-order valence-corrected chi connectivity index (χ2v) is 6.41. The summed E-state index contributed by atoms with van der Waals surface area (Å²) in [4.78, 5) is 26.1. The third-order valence-corrected chi connectivity index (χ3v) is 4.34. The third kappa shape index (κ3) is 4.98. The quantitative estimate of drug-likeness (QED) is 0.671. The van der Waals surface area contributed by atoms with Gasteiger partial charge in [0, 0.05) is 37.4 Å². The van der Waals surface area contributed by atoms with E-state index >= 15 is 0 Å². The maximum atomic E-state index is 12.4. The number of hydrogen-bond acceptors (Lipinski definition) is 5. The van der Waals surface area contributed by atoms with E-state index in [2.05, 4.69) is 15.5 Å². The fourth-order valence-electron chi connectivity index (χ4n) is 2.92. The first-order valence-corrected chi connectivity index (χ1v) is 8.85. The number of amides is 1. The topological polar surface area (TPSA) is 90.9 Å². The van der Waals surface area contributed by atoms with Crippen LogP contribution < -0.4 is 20.3 Å². The molecule has 0 saturated carbocycles. The molecule has 1 amide bonds. The molecular formula is C20H23N3O4. The number of benzene rings is 2. The normalized spacial score (nSPS) is 15.1. The maximum Gasteiger partial charge on any atom is 0.366 e. The number of nitrogens with one attached hydrogen (secondary N) is 2. The summed E-state index contributed by atoms with van der Waals surface area (Å²) in [6.45, 7) is 5.56. The van der Waals surface area contributed by atoms with Crippen molar-refractivity contribution >= 4 is 17.6 Å². The number of ether oxygens (including phenoxy) is 1. The molecule has 0 aliphatic carbocycles. The van der Waals surface area contributed by atoms with Crippen molar-refractivity contribution in [2.24, 2.45) is 0 Å². The van der Waals surface area contributed by atoms with Crippen molar-refractivity contribution in [3.63, 3.8) is 0 Å². The Morgan fingerprint density at radius 1 is 1.15 bits per heavy atom.